The van der Waals surface area contributed by atoms with Crippen LogP contribution in [-0.4, -0.2) is 24.1 Å². The van der Waals surface area contributed by atoms with E-state index in [0.29, 0.717) is 33.5 Å². The lowest BCUT2D eigenvalue weighted by molar-refractivity contribution is 0.539. The molecule has 4 aromatic rings. The number of hydrogen-bond acceptors (Lipinski definition) is 8. The fourth-order valence-corrected chi connectivity index (χ4v) is 4.44. The number of thioether (sulfide) groups is 1. The van der Waals surface area contributed by atoms with Gasteiger partial charge in [-0.05, 0) is 11.4 Å². The first-order valence-electron chi connectivity index (χ1n) is 9.26. The maximum atomic E-state index is 12.9. The number of aromatic nitrogens is 5. The van der Waals surface area contributed by atoms with E-state index < -0.39 is 11.2 Å². The highest BCUT2D eigenvalue weighted by Gasteiger charge is 2.24. The van der Waals surface area contributed by atoms with Crippen LogP contribution in [-0.2, 0) is 25.3 Å². The second-order valence-electron chi connectivity index (χ2n) is 7.92. The van der Waals surface area contributed by atoms with E-state index in [4.69, 9.17) is 4.42 Å². The van der Waals surface area contributed by atoms with Crippen LogP contribution in [0.15, 0.2) is 42.8 Å². The van der Waals surface area contributed by atoms with Crippen LogP contribution in [0.25, 0.3) is 21.8 Å². The van der Waals surface area contributed by atoms with Crippen molar-refractivity contribution in [2.24, 2.45) is 14.1 Å². The molecule has 0 amide bonds. The minimum absolute atomic E-state index is 0.333. The van der Waals surface area contributed by atoms with Crippen molar-refractivity contribution in [3.63, 3.8) is 0 Å². The maximum Gasteiger partial charge on any atom is 0.332 e. The molecule has 0 aromatic carbocycles. The molecule has 8 nitrogen and oxygen atoms in total. The molecule has 4 heterocycles. The Labute approximate surface area is 180 Å². The average molecular weight is 444 g/mol. The predicted molar refractivity (Wildman–Crippen MR) is 118 cm³/mol. The molecule has 0 spiro atoms. The summed E-state index contributed by atoms with van der Waals surface area (Å²) < 4.78 is 8.05. The second kappa shape index (κ2) is 7.51. The van der Waals surface area contributed by atoms with Crippen molar-refractivity contribution in [3.05, 3.63) is 56.1 Å². The van der Waals surface area contributed by atoms with Crippen molar-refractivity contribution in [1.29, 1.82) is 0 Å². The van der Waals surface area contributed by atoms with Crippen molar-refractivity contribution < 1.29 is 4.42 Å². The summed E-state index contributed by atoms with van der Waals surface area (Å²) in [6.45, 7) is 5.98. The maximum absolute atomic E-state index is 12.9. The van der Waals surface area contributed by atoms with Gasteiger partial charge in [-0.3, -0.25) is 13.9 Å². The molecule has 0 aliphatic heterocycles. The lowest BCUT2D eigenvalue weighted by atomic mass is 9.96. The topological polar surface area (TPSA) is 95.8 Å². The number of aryl methyl sites for hydroxylation is 1. The Hall–Kier alpha value is -2.72. The number of fused-ring (bicyclic) bond motifs is 1. The van der Waals surface area contributed by atoms with Crippen molar-refractivity contribution in [2.75, 3.05) is 0 Å². The molecule has 0 atom stereocenters. The third kappa shape index (κ3) is 3.61. The van der Waals surface area contributed by atoms with Crippen molar-refractivity contribution >= 4 is 34.1 Å². The van der Waals surface area contributed by atoms with Crippen LogP contribution in [0.4, 0.5) is 0 Å². The van der Waals surface area contributed by atoms with Gasteiger partial charge < -0.3 is 4.42 Å². The summed E-state index contributed by atoms with van der Waals surface area (Å²) in [6.07, 6.45) is 1.62. The van der Waals surface area contributed by atoms with Gasteiger partial charge in [-0.2, -0.15) is 0 Å². The van der Waals surface area contributed by atoms with Crippen LogP contribution in [0.3, 0.4) is 0 Å². The van der Waals surface area contributed by atoms with Gasteiger partial charge in [0.25, 0.3) is 5.56 Å². The number of thiophene rings is 1. The molecule has 4 rings (SSSR count). The van der Waals surface area contributed by atoms with Gasteiger partial charge in [-0.25, -0.2) is 19.7 Å². The summed E-state index contributed by atoms with van der Waals surface area (Å²) in [6, 6.07) is 3.89. The molecule has 10 heteroatoms. The van der Waals surface area contributed by atoms with E-state index in [-0.39, 0.29) is 5.41 Å². The van der Waals surface area contributed by atoms with Crippen LogP contribution in [0.5, 0.6) is 0 Å². The van der Waals surface area contributed by atoms with Crippen molar-refractivity contribution in [3.8, 4) is 10.8 Å². The molecular weight excluding hydrogens is 422 g/mol. The van der Waals surface area contributed by atoms with Crippen LogP contribution >= 0.6 is 23.1 Å². The van der Waals surface area contributed by atoms with Crippen LogP contribution in [0.1, 0.15) is 32.3 Å². The molecular formula is C20H21N5O3S2. The van der Waals surface area contributed by atoms with E-state index >= 15 is 0 Å². The number of nitrogens with zero attached hydrogens (tertiary/aromatic N) is 5. The van der Waals surface area contributed by atoms with Gasteiger partial charge >= 0.3 is 5.69 Å². The summed E-state index contributed by atoms with van der Waals surface area (Å²) in [7, 11) is 3.07. The summed E-state index contributed by atoms with van der Waals surface area (Å²) in [5, 5.41) is 2.83. The highest BCUT2D eigenvalue weighted by Crippen LogP contribution is 2.30. The van der Waals surface area contributed by atoms with Gasteiger partial charge in [0.2, 0.25) is 5.89 Å². The Morgan fingerprint density at radius 2 is 1.90 bits per heavy atom. The fraction of sp³-hybridized carbons (Fsp3) is 0.350. The van der Waals surface area contributed by atoms with Crippen LogP contribution < -0.4 is 11.2 Å². The van der Waals surface area contributed by atoms with E-state index in [1.165, 1.54) is 23.4 Å². The third-order valence-corrected chi connectivity index (χ3v) is 6.44. The molecule has 4 aromatic heterocycles. The molecule has 0 unspecified atom stereocenters. The quantitative estimate of drug-likeness (QED) is 0.353. The van der Waals surface area contributed by atoms with E-state index in [1.807, 2.05) is 38.3 Å². The van der Waals surface area contributed by atoms with E-state index in [0.717, 1.165) is 15.1 Å². The summed E-state index contributed by atoms with van der Waals surface area (Å²) in [4.78, 5) is 40.0. The minimum Gasteiger partial charge on any atom is -0.444 e. The Balaban J connectivity index is 1.79. The number of rotatable bonds is 4. The molecule has 0 aliphatic carbocycles. The Morgan fingerprint density at radius 3 is 2.57 bits per heavy atom. The van der Waals surface area contributed by atoms with Crippen LogP contribution in [0.2, 0.25) is 0 Å². The van der Waals surface area contributed by atoms with E-state index in [9.17, 15) is 9.59 Å². The van der Waals surface area contributed by atoms with Gasteiger partial charge in [0.15, 0.2) is 5.65 Å². The molecule has 0 fully saturated rings. The number of oxazole rings is 1. The first kappa shape index (κ1) is 20.5. The molecule has 30 heavy (non-hydrogen) atoms. The van der Waals surface area contributed by atoms with Crippen molar-refractivity contribution in [1.82, 2.24) is 24.1 Å². The Kier molecular flexibility index (Phi) is 5.15. The zero-order valence-electron chi connectivity index (χ0n) is 17.3. The Bertz CT molecular complexity index is 1340. The molecule has 0 bridgehead atoms. The van der Waals surface area contributed by atoms with E-state index in [2.05, 4.69) is 15.0 Å². The zero-order valence-corrected chi connectivity index (χ0v) is 18.9. The second-order valence-corrected chi connectivity index (χ2v) is 9.83. The van der Waals surface area contributed by atoms with E-state index in [1.54, 1.807) is 24.6 Å². The lowest BCUT2D eigenvalue weighted by Gasteiger charge is -2.19. The van der Waals surface area contributed by atoms with Crippen LogP contribution in [0, 0.1) is 0 Å². The molecule has 156 valence electrons. The average Bonchev–Trinajstić information content (AvgIpc) is 3.39. The molecule has 0 saturated heterocycles. The van der Waals surface area contributed by atoms with Gasteiger partial charge in [0.05, 0.1) is 10.6 Å². The predicted octanol–water partition coefficient (Wildman–Crippen LogP) is 3.33. The Morgan fingerprint density at radius 1 is 1.13 bits per heavy atom. The first-order chi connectivity index (χ1) is 14.2. The minimum atomic E-state index is -0.417. The number of hydrogen-bond donors (Lipinski definition) is 0. The van der Waals surface area contributed by atoms with Gasteiger partial charge in [0, 0.05) is 25.3 Å². The highest BCUT2D eigenvalue weighted by atomic mass is 32.2. The molecule has 0 N–H and O–H groups in total. The smallest absolute Gasteiger partial charge is 0.332 e. The fourth-order valence-electron chi connectivity index (χ4n) is 2.90. The molecule has 0 aliphatic rings. The monoisotopic (exact) mass is 443 g/mol. The molecule has 0 saturated carbocycles. The highest BCUT2D eigenvalue weighted by molar-refractivity contribution is 7.98. The SMILES string of the molecule is Cn1c(=O)c2c(SCc3coc(-c4cccs4)n3)nc(C(C)(C)C)nc2n(C)c1=O. The van der Waals surface area contributed by atoms with Gasteiger partial charge in [-0.1, -0.05) is 38.6 Å². The normalized spacial score (nSPS) is 12.0. The summed E-state index contributed by atoms with van der Waals surface area (Å²) in [5.41, 5.74) is -0.0884. The largest absolute Gasteiger partial charge is 0.444 e. The molecule has 0 radical (unpaired) electrons. The standard InChI is InChI=1S/C20H21N5O3S2/c1-20(2,3)18-22-14-13(17(26)25(5)19(27)24(14)4)16(23-18)30-10-11-9-28-15(21-11)12-7-6-8-29-12/h6-9H,10H2,1-5H3. The summed E-state index contributed by atoms with van der Waals surface area (Å²) in [5.74, 6) is 1.61. The van der Waals surface area contributed by atoms with Gasteiger partial charge in [-0.15, -0.1) is 11.3 Å². The lowest BCUT2D eigenvalue weighted by Crippen LogP contribution is -2.38. The zero-order chi connectivity index (χ0) is 21.6. The van der Waals surface area contributed by atoms with Crippen molar-refractivity contribution in [2.45, 2.75) is 37.0 Å². The third-order valence-electron chi connectivity index (χ3n) is 4.58. The summed E-state index contributed by atoms with van der Waals surface area (Å²) >= 11 is 2.94. The van der Waals surface area contributed by atoms with Gasteiger partial charge in [0.1, 0.15) is 22.5 Å². The first-order valence-corrected chi connectivity index (χ1v) is 11.1.